The molecule has 7 heteroatoms. The van der Waals surface area contributed by atoms with E-state index in [4.69, 9.17) is 16.3 Å². The van der Waals surface area contributed by atoms with Gasteiger partial charge in [0.05, 0.1) is 31.4 Å². The lowest BCUT2D eigenvalue weighted by molar-refractivity contribution is -0.138. The van der Waals surface area contributed by atoms with Crippen LogP contribution in [0.1, 0.15) is 25.7 Å². The molecule has 0 spiro atoms. The molecular formula is C17H20ClNO5. The second kappa shape index (κ2) is 8.59. The van der Waals surface area contributed by atoms with Gasteiger partial charge >= 0.3 is 11.9 Å². The van der Waals surface area contributed by atoms with Crippen LogP contribution in [0, 0.1) is 0 Å². The number of carbonyl (C=O) groups is 2. The zero-order chi connectivity index (χ0) is 17.5. The minimum Gasteiger partial charge on any atom is -0.489 e. The van der Waals surface area contributed by atoms with Crippen molar-refractivity contribution in [2.45, 2.75) is 31.8 Å². The second-order valence-corrected chi connectivity index (χ2v) is 5.77. The van der Waals surface area contributed by atoms with Crippen LogP contribution in [0.15, 0.2) is 30.0 Å². The Hall–Kier alpha value is -2.21. The Morgan fingerprint density at radius 2 is 1.92 bits per heavy atom. The van der Waals surface area contributed by atoms with Gasteiger partial charge in [-0.25, -0.2) is 9.59 Å². The van der Waals surface area contributed by atoms with Crippen molar-refractivity contribution in [3.05, 3.63) is 35.0 Å². The zero-order valence-corrected chi connectivity index (χ0v) is 14.4. The highest BCUT2D eigenvalue weighted by Gasteiger charge is 2.18. The van der Waals surface area contributed by atoms with Crippen LogP contribution in [0.2, 0.25) is 5.02 Å². The van der Waals surface area contributed by atoms with Crippen molar-refractivity contribution in [3.8, 4) is 5.75 Å². The number of methoxy groups -OCH3 is 2. The highest BCUT2D eigenvalue weighted by Crippen LogP contribution is 2.32. The van der Waals surface area contributed by atoms with Crippen molar-refractivity contribution in [1.29, 1.82) is 0 Å². The third-order valence-corrected chi connectivity index (χ3v) is 3.97. The van der Waals surface area contributed by atoms with E-state index in [0.717, 1.165) is 18.9 Å². The Labute approximate surface area is 145 Å². The maximum atomic E-state index is 11.7. The van der Waals surface area contributed by atoms with Crippen LogP contribution in [-0.4, -0.2) is 32.3 Å². The molecule has 1 aliphatic rings. The van der Waals surface area contributed by atoms with E-state index >= 15 is 0 Å². The number of anilines is 1. The summed E-state index contributed by atoms with van der Waals surface area (Å²) in [5, 5.41) is 3.23. The first kappa shape index (κ1) is 18.1. The minimum absolute atomic E-state index is 0.0510. The summed E-state index contributed by atoms with van der Waals surface area (Å²) in [5.41, 5.74) is 0.476. The molecule has 0 heterocycles. The molecule has 1 fully saturated rings. The largest absolute Gasteiger partial charge is 0.489 e. The van der Waals surface area contributed by atoms with E-state index in [2.05, 4.69) is 14.8 Å². The number of carbonyl (C=O) groups excluding carboxylic acids is 2. The molecule has 0 radical (unpaired) electrons. The van der Waals surface area contributed by atoms with Gasteiger partial charge < -0.3 is 19.5 Å². The predicted molar refractivity (Wildman–Crippen MR) is 90.1 cm³/mol. The molecule has 1 N–H and O–H groups in total. The molecule has 0 atom stereocenters. The van der Waals surface area contributed by atoms with Crippen molar-refractivity contribution in [1.82, 2.24) is 0 Å². The molecule has 130 valence electrons. The normalized spacial score (nSPS) is 15.0. The monoisotopic (exact) mass is 353 g/mol. The molecule has 0 amide bonds. The van der Waals surface area contributed by atoms with Crippen molar-refractivity contribution in [2.24, 2.45) is 0 Å². The average Bonchev–Trinajstić information content (AvgIpc) is 3.08. The summed E-state index contributed by atoms with van der Waals surface area (Å²) in [4.78, 5) is 23.1. The molecular weight excluding hydrogens is 334 g/mol. The first-order valence-corrected chi connectivity index (χ1v) is 8.02. The topological polar surface area (TPSA) is 73.9 Å². The lowest BCUT2D eigenvalue weighted by atomic mass is 10.2. The van der Waals surface area contributed by atoms with E-state index in [0.29, 0.717) is 16.5 Å². The second-order valence-electron chi connectivity index (χ2n) is 5.37. The molecule has 0 unspecified atom stereocenters. The SMILES string of the molecule is COC(=O)/C=C(/Nc1ccc(OC2CCCC2)c(Cl)c1)C(=O)OC. The van der Waals surface area contributed by atoms with Crippen molar-refractivity contribution >= 4 is 29.2 Å². The quantitative estimate of drug-likeness (QED) is 0.624. The predicted octanol–water partition coefficient (Wildman–Crippen LogP) is 3.30. The molecule has 24 heavy (non-hydrogen) atoms. The van der Waals surface area contributed by atoms with Gasteiger partial charge in [-0.15, -0.1) is 0 Å². The third kappa shape index (κ3) is 4.89. The van der Waals surface area contributed by atoms with Crippen LogP contribution in [0.4, 0.5) is 5.69 Å². The summed E-state index contributed by atoms with van der Waals surface area (Å²) in [6.45, 7) is 0. The Morgan fingerprint density at radius 1 is 1.21 bits per heavy atom. The van der Waals surface area contributed by atoms with Gasteiger partial charge in [-0.1, -0.05) is 11.6 Å². The molecule has 1 saturated carbocycles. The maximum absolute atomic E-state index is 11.7. The molecule has 0 bridgehead atoms. The first-order valence-electron chi connectivity index (χ1n) is 7.64. The molecule has 6 nitrogen and oxygen atoms in total. The van der Waals surface area contributed by atoms with E-state index in [-0.39, 0.29) is 11.8 Å². The lowest BCUT2D eigenvalue weighted by Crippen LogP contribution is -2.15. The third-order valence-electron chi connectivity index (χ3n) is 3.68. The average molecular weight is 354 g/mol. The highest BCUT2D eigenvalue weighted by molar-refractivity contribution is 6.32. The molecule has 0 aliphatic heterocycles. The maximum Gasteiger partial charge on any atom is 0.354 e. The van der Waals surface area contributed by atoms with Gasteiger partial charge in [0.2, 0.25) is 0 Å². The van der Waals surface area contributed by atoms with E-state index < -0.39 is 11.9 Å². The zero-order valence-electron chi connectivity index (χ0n) is 13.6. The van der Waals surface area contributed by atoms with Crippen LogP contribution >= 0.6 is 11.6 Å². The molecule has 2 rings (SSSR count). The number of esters is 2. The molecule has 0 saturated heterocycles. The molecule has 0 aromatic heterocycles. The highest BCUT2D eigenvalue weighted by atomic mass is 35.5. The standard InChI is InChI=1S/C17H20ClNO5/c1-22-16(20)10-14(17(21)23-2)19-11-7-8-15(13(18)9-11)24-12-5-3-4-6-12/h7-10,12,19H,3-6H2,1-2H3/b14-10+. The first-order chi connectivity index (χ1) is 11.5. The van der Waals surface area contributed by atoms with Crippen molar-refractivity contribution in [2.75, 3.05) is 19.5 Å². The van der Waals surface area contributed by atoms with Gasteiger partial charge in [-0.05, 0) is 43.9 Å². The number of rotatable bonds is 6. The van der Waals surface area contributed by atoms with Gasteiger partial charge in [0.1, 0.15) is 11.4 Å². The minimum atomic E-state index is -0.692. The summed E-state index contributed by atoms with van der Waals surface area (Å²) in [6, 6.07) is 5.07. The van der Waals surface area contributed by atoms with Gasteiger partial charge in [0.15, 0.2) is 0 Å². The summed E-state index contributed by atoms with van der Waals surface area (Å²) >= 11 is 6.25. The lowest BCUT2D eigenvalue weighted by Gasteiger charge is -2.15. The number of hydrogen-bond donors (Lipinski definition) is 1. The Balaban J connectivity index is 2.12. The Kier molecular flexibility index (Phi) is 6.49. The number of halogens is 1. The number of ether oxygens (including phenoxy) is 3. The van der Waals surface area contributed by atoms with Gasteiger partial charge in [-0.3, -0.25) is 0 Å². The van der Waals surface area contributed by atoms with Crippen LogP contribution in [-0.2, 0) is 19.1 Å². The fourth-order valence-electron chi connectivity index (χ4n) is 2.45. The number of nitrogens with one attached hydrogen (secondary N) is 1. The number of benzene rings is 1. The van der Waals surface area contributed by atoms with Crippen LogP contribution in [0.25, 0.3) is 0 Å². The van der Waals surface area contributed by atoms with Crippen LogP contribution < -0.4 is 10.1 Å². The summed E-state index contributed by atoms with van der Waals surface area (Å²) in [6.07, 6.45) is 5.62. The van der Waals surface area contributed by atoms with E-state index in [9.17, 15) is 9.59 Å². The van der Waals surface area contributed by atoms with Gasteiger partial charge in [0.25, 0.3) is 0 Å². The summed E-state index contributed by atoms with van der Waals surface area (Å²) in [5.74, 6) is -0.760. The van der Waals surface area contributed by atoms with Gasteiger partial charge in [0, 0.05) is 5.69 Å². The molecule has 1 aromatic rings. The van der Waals surface area contributed by atoms with E-state index in [1.165, 1.54) is 27.1 Å². The summed E-state index contributed by atoms with van der Waals surface area (Å²) < 4.78 is 15.0. The van der Waals surface area contributed by atoms with Crippen LogP contribution in [0.3, 0.4) is 0 Å². The van der Waals surface area contributed by atoms with Gasteiger partial charge in [-0.2, -0.15) is 0 Å². The molecule has 1 aliphatic carbocycles. The van der Waals surface area contributed by atoms with E-state index in [1.807, 2.05) is 0 Å². The Bertz CT molecular complexity index is 638. The Morgan fingerprint density at radius 3 is 2.50 bits per heavy atom. The van der Waals surface area contributed by atoms with Crippen LogP contribution in [0.5, 0.6) is 5.75 Å². The van der Waals surface area contributed by atoms with E-state index in [1.54, 1.807) is 18.2 Å². The fourth-order valence-corrected chi connectivity index (χ4v) is 2.67. The molecule has 1 aromatic carbocycles. The van der Waals surface area contributed by atoms with Crippen molar-refractivity contribution < 1.29 is 23.8 Å². The number of hydrogen-bond acceptors (Lipinski definition) is 6. The smallest absolute Gasteiger partial charge is 0.354 e. The summed E-state index contributed by atoms with van der Waals surface area (Å²) in [7, 11) is 2.44. The fraction of sp³-hybridized carbons (Fsp3) is 0.412. The van der Waals surface area contributed by atoms with Crippen molar-refractivity contribution in [3.63, 3.8) is 0 Å².